The van der Waals surface area contributed by atoms with E-state index in [1.54, 1.807) is 5.57 Å². The lowest BCUT2D eigenvalue weighted by Crippen LogP contribution is -2.71. The van der Waals surface area contributed by atoms with Gasteiger partial charge in [0.25, 0.3) is 0 Å². The van der Waals surface area contributed by atoms with E-state index < -0.39 is 5.54 Å². The highest BCUT2D eigenvalue weighted by atomic mass is 16.5. The Bertz CT molecular complexity index is 915. The topological polar surface area (TPSA) is 52.3 Å². The Morgan fingerprint density at radius 1 is 1.03 bits per heavy atom. The van der Waals surface area contributed by atoms with Crippen LogP contribution in [-0.4, -0.2) is 17.6 Å². The molecule has 4 aliphatic carbocycles. The monoisotopic (exact) mass is 483 g/mol. The van der Waals surface area contributed by atoms with Crippen molar-refractivity contribution in [3.63, 3.8) is 0 Å². The Hall–Kier alpha value is -1.09. The first-order valence-corrected chi connectivity index (χ1v) is 14.5. The number of carbonyl (C=O) groups is 1. The summed E-state index contributed by atoms with van der Waals surface area (Å²) in [5.41, 5.74) is 10.4. The van der Waals surface area contributed by atoms with Gasteiger partial charge in [0.2, 0.25) is 0 Å². The molecule has 3 heteroatoms. The van der Waals surface area contributed by atoms with Gasteiger partial charge >= 0.3 is 5.97 Å². The van der Waals surface area contributed by atoms with E-state index in [1.165, 1.54) is 44.6 Å². The second-order valence-corrected chi connectivity index (χ2v) is 14.4. The van der Waals surface area contributed by atoms with Gasteiger partial charge in [-0.15, -0.1) is 0 Å². The van der Waals surface area contributed by atoms with Crippen LogP contribution in [0.5, 0.6) is 0 Å². The molecule has 7 atom stereocenters. The van der Waals surface area contributed by atoms with Crippen molar-refractivity contribution in [2.75, 3.05) is 0 Å². The smallest absolute Gasteiger partial charge is 0.302 e. The normalized spacial score (nSPS) is 42.9. The highest BCUT2D eigenvalue weighted by molar-refractivity contribution is 5.66. The van der Waals surface area contributed by atoms with Gasteiger partial charge in [-0.1, -0.05) is 92.4 Å². The molecule has 0 spiro atoms. The fourth-order valence-electron chi connectivity index (χ4n) is 9.42. The van der Waals surface area contributed by atoms with Gasteiger partial charge in [-0.05, 0) is 72.7 Å². The molecule has 2 fully saturated rings. The summed E-state index contributed by atoms with van der Waals surface area (Å²) in [6.45, 7) is 20.8. The van der Waals surface area contributed by atoms with E-state index in [4.69, 9.17) is 10.5 Å². The molecule has 198 valence electrons. The lowest BCUT2D eigenvalue weighted by Gasteiger charge is -2.65. The zero-order chi connectivity index (χ0) is 26.0. The number of fused-ring (bicyclic) bond motifs is 4. The number of ether oxygens (including phenoxy) is 1. The van der Waals surface area contributed by atoms with Crippen LogP contribution in [0.1, 0.15) is 120 Å². The SMILES string of the molecule is CC(=O)OC1CCC2(C)C3=C(CCC2(N)C1(C)C)C1(C)CCC(C(C)CCCC(C)C)C1(C)C=C3. The van der Waals surface area contributed by atoms with Gasteiger partial charge in [-0.25, -0.2) is 0 Å². The number of nitrogens with two attached hydrogens (primary N) is 1. The third-order valence-corrected chi connectivity index (χ3v) is 12.1. The molecule has 7 unspecified atom stereocenters. The Morgan fingerprint density at radius 2 is 1.69 bits per heavy atom. The molecule has 0 aromatic rings. The summed E-state index contributed by atoms with van der Waals surface area (Å²) < 4.78 is 5.84. The highest BCUT2D eigenvalue weighted by Crippen LogP contribution is 2.71. The average Bonchev–Trinajstić information content (AvgIpc) is 3.03. The zero-order valence-electron chi connectivity index (χ0n) is 24.2. The maximum Gasteiger partial charge on any atom is 0.302 e. The maximum atomic E-state index is 11.9. The molecule has 0 bridgehead atoms. The second-order valence-electron chi connectivity index (χ2n) is 14.4. The second kappa shape index (κ2) is 8.74. The van der Waals surface area contributed by atoms with Crippen molar-refractivity contribution in [1.82, 2.24) is 0 Å². The molecular weight excluding hydrogens is 430 g/mol. The molecule has 3 nitrogen and oxygen atoms in total. The van der Waals surface area contributed by atoms with Gasteiger partial charge < -0.3 is 10.5 Å². The van der Waals surface area contributed by atoms with Crippen LogP contribution in [0.2, 0.25) is 0 Å². The molecule has 2 saturated carbocycles. The van der Waals surface area contributed by atoms with Crippen LogP contribution in [0, 0.1) is 39.4 Å². The Kier molecular flexibility index (Phi) is 6.73. The minimum Gasteiger partial charge on any atom is -0.462 e. The first kappa shape index (κ1) is 27.0. The molecule has 35 heavy (non-hydrogen) atoms. The van der Waals surface area contributed by atoms with Crippen molar-refractivity contribution >= 4 is 5.97 Å². The van der Waals surface area contributed by atoms with E-state index in [0.717, 1.165) is 43.4 Å². The van der Waals surface area contributed by atoms with Crippen LogP contribution >= 0.6 is 0 Å². The van der Waals surface area contributed by atoms with Crippen LogP contribution in [0.15, 0.2) is 23.3 Å². The minimum absolute atomic E-state index is 0.0947. The van der Waals surface area contributed by atoms with E-state index in [-0.39, 0.29) is 33.7 Å². The van der Waals surface area contributed by atoms with Gasteiger partial charge in [-0.3, -0.25) is 4.79 Å². The average molecular weight is 484 g/mol. The lowest BCUT2D eigenvalue weighted by molar-refractivity contribution is -0.170. The highest BCUT2D eigenvalue weighted by Gasteiger charge is 2.67. The van der Waals surface area contributed by atoms with E-state index >= 15 is 0 Å². The van der Waals surface area contributed by atoms with Crippen LogP contribution < -0.4 is 5.73 Å². The Labute approximate surface area is 215 Å². The number of allylic oxidation sites excluding steroid dienone is 3. The molecule has 4 aliphatic rings. The summed E-state index contributed by atoms with van der Waals surface area (Å²) in [6, 6.07) is 0. The van der Waals surface area contributed by atoms with Crippen molar-refractivity contribution in [2.45, 2.75) is 132 Å². The first-order chi connectivity index (χ1) is 16.1. The quantitative estimate of drug-likeness (QED) is 0.389. The van der Waals surface area contributed by atoms with E-state index in [1.807, 2.05) is 0 Å². The summed E-state index contributed by atoms with van der Waals surface area (Å²) >= 11 is 0. The molecule has 0 amide bonds. The van der Waals surface area contributed by atoms with E-state index in [9.17, 15) is 4.79 Å². The zero-order valence-corrected chi connectivity index (χ0v) is 24.2. The van der Waals surface area contributed by atoms with Crippen molar-refractivity contribution in [1.29, 1.82) is 0 Å². The minimum atomic E-state index is -0.395. The number of esters is 1. The summed E-state index contributed by atoms with van der Waals surface area (Å²) in [4.78, 5) is 11.9. The van der Waals surface area contributed by atoms with Crippen LogP contribution in [0.25, 0.3) is 0 Å². The third kappa shape index (κ3) is 3.72. The largest absolute Gasteiger partial charge is 0.462 e. The fourth-order valence-corrected chi connectivity index (χ4v) is 9.42. The van der Waals surface area contributed by atoms with Crippen molar-refractivity contribution < 1.29 is 9.53 Å². The number of rotatable bonds is 6. The molecule has 4 rings (SSSR count). The summed E-state index contributed by atoms with van der Waals surface area (Å²) in [5.74, 6) is 2.12. The summed E-state index contributed by atoms with van der Waals surface area (Å²) in [7, 11) is 0. The molecule has 0 aromatic carbocycles. The summed E-state index contributed by atoms with van der Waals surface area (Å²) in [5, 5.41) is 0. The molecule has 0 heterocycles. The van der Waals surface area contributed by atoms with Gasteiger partial charge in [0.1, 0.15) is 6.10 Å². The van der Waals surface area contributed by atoms with Gasteiger partial charge in [0.05, 0.1) is 0 Å². The summed E-state index contributed by atoms with van der Waals surface area (Å²) in [6.07, 6.45) is 15.6. The number of hydrogen-bond acceptors (Lipinski definition) is 3. The third-order valence-electron chi connectivity index (χ3n) is 12.1. The van der Waals surface area contributed by atoms with Crippen molar-refractivity contribution in [3.8, 4) is 0 Å². The van der Waals surface area contributed by atoms with Crippen molar-refractivity contribution in [3.05, 3.63) is 23.3 Å². The molecule has 0 aliphatic heterocycles. The number of carbonyl (C=O) groups excluding carboxylic acids is 1. The molecular formula is C32H53NO2. The molecule has 2 N–H and O–H groups in total. The standard InChI is InChI=1S/C32H53NO2/c1-21(2)11-10-12-22(3)24-13-17-30(8)25-15-20-32(33)28(5,6)27(35-23(4)34)16-19-31(32,9)26(25)14-18-29(24,30)7/h14,18,21-22,24,27H,10-13,15-17,19-20,33H2,1-9H3. The Balaban J connectivity index is 1.66. The fraction of sp³-hybridized carbons (Fsp3) is 0.844. The van der Waals surface area contributed by atoms with Gasteiger partial charge in [0.15, 0.2) is 0 Å². The lowest BCUT2D eigenvalue weighted by atomic mass is 9.42. The number of hydrogen-bond donors (Lipinski definition) is 1. The van der Waals surface area contributed by atoms with Crippen LogP contribution in [0.4, 0.5) is 0 Å². The predicted molar refractivity (Wildman–Crippen MR) is 146 cm³/mol. The van der Waals surface area contributed by atoms with Crippen molar-refractivity contribution in [2.24, 2.45) is 45.1 Å². The van der Waals surface area contributed by atoms with Crippen LogP contribution in [-0.2, 0) is 9.53 Å². The van der Waals surface area contributed by atoms with Gasteiger partial charge in [-0.2, -0.15) is 0 Å². The van der Waals surface area contributed by atoms with E-state index in [2.05, 4.69) is 67.5 Å². The molecule has 0 saturated heterocycles. The molecule has 0 aromatic heterocycles. The predicted octanol–water partition coefficient (Wildman–Crippen LogP) is 7.99. The van der Waals surface area contributed by atoms with Crippen LogP contribution in [0.3, 0.4) is 0 Å². The maximum absolute atomic E-state index is 11.9. The van der Waals surface area contributed by atoms with Gasteiger partial charge in [0, 0.05) is 23.3 Å². The Morgan fingerprint density at radius 3 is 2.31 bits per heavy atom. The first-order valence-electron chi connectivity index (χ1n) is 14.5. The molecule has 0 radical (unpaired) electrons. The van der Waals surface area contributed by atoms with E-state index in [0.29, 0.717) is 0 Å².